The van der Waals surface area contributed by atoms with Crippen LogP contribution in [0.1, 0.15) is 34.8 Å². The maximum Gasteiger partial charge on any atom is 0.341 e. The molecule has 1 amide bonds. The molecule has 1 saturated carbocycles. The third-order valence-corrected chi connectivity index (χ3v) is 4.02. The van der Waals surface area contributed by atoms with E-state index >= 15 is 0 Å². The fourth-order valence-electron chi connectivity index (χ4n) is 2.46. The number of carbonyl (C=O) groups is 2. The first kappa shape index (κ1) is 16.3. The van der Waals surface area contributed by atoms with Crippen LogP contribution in [0.2, 0.25) is 0 Å². The van der Waals surface area contributed by atoms with Gasteiger partial charge in [0.15, 0.2) is 6.61 Å². The Bertz CT molecular complexity index is 590. The zero-order valence-corrected chi connectivity index (χ0v) is 13.2. The number of amides is 1. The van der Waals surface area contributed by atoms with Crippen molar-refractivity contribution in [2.45, 2.75) is 38.8 Å². The second-order valence-electron chi connectivity index (χ2n) is 5.87. The Balaban J connectivity index is 2.09. The van der Waals surface area contributed by atoms with Gasteiger partial charge in [0.1, 0.15) is 5.75 Å². The number of rotatable bonds is 6. The Morgan fingerprint density at radius 1 is 1.36 bits per heavy atom. The molecule has 0 spiro atoms. The number of nitrogens with one attached hydrogen (secondary N) is 1. The molecule has 1 aromatic carbocycles. The number of carboxylic acid groups (broad SMARTS) is 1. The zero-order valence-electron chi connectivity index (χ0n) is 13.2. The van der Waals surface area contributed by atoms with Crippen LogP contribution >= 0.6 is 0 Å². The van der Waals surface area contributed by atoms with E-state index in [9.17, 15) is 9.59 Å². The SMILES string of the molecule is CO[C@@]1(C)C[C@H]1NC(=O)c1cc(C)c(OCC(=O)O)c(C)c1. The van der Waals surface area contributed by atoms with Gasteiger partial charge >= 0.3 is 5.97 Å². The monoisotopic (exact) mass is 307 g/mol. The van der Waals surface area contributed by atoms with Crippen LogP contribution in [0.15, 0.2) is 12.1 Å². The summed E-state index contributed by atoms with van der Waals surface area (Å²) >= 11 is 0. The van der Waals surface area contributed by atoms with Crippen molar-refractivity contribution in [2.75, 3.05) is 13.7 Å². The summed E-state index contributed by atoms with van der Waals surface area (Å²) in [6, 6.07) is 3.42. The Kier molecular flexibility index (Phi) is 4.42. The molecule has 0 unspecified atom stereocenters. The first-order valence-electron chi connectivity index (χ1n) is 7.08. The third kappa shape index (κ3) is 3.39. The van der Waals surface area contributed by atoms with Crippen molar-refractivity contribution >= 4 is 11.9 Å². The summed E-state index contributed by atoms with van der Waals surface area (Å²) in [5.74, 6) is -0.693. The minimum atomic E-state index is -1.03. The first-order chi connectivity index (χ1) is 10.3. The van der Waals surface area contributed by atoms with Crippen molar-refractivity contribution in [1.82, 2.24) is 5.32 Å². The molecule has 6 nitrogen and oxygen atoms in total. The first-order valence-corrected chi connectivity index (χ1v) is 7.08. The zero-order chi connectivity index (χ0) is 16.5. The Hall–Kier alpha value is -2.08. The van der Waals surface area contributed by atoms with Crippen molar-refractivity contribution in [2.24, 2.45) is 0 Å². The Morgan fingerprint density at radius 3 is 2.41 bits per heavy atom. The topological polar surface area (TPSA) is 84.9 Å². The van der Waals surface area contributed by atoms with E-state index in [1.807, 2.05) is 6.92 Å². The van der Waals surface area contributed by atoms with E-state index in [0.717, 1.165) is 17.5 Å². The number of hydrogen-bond donors (Lipinski definition) is 2. The maximum absolute atomic E-state index is 12.3. The molecular weight excluding hydrogens is 286 g/mol. The van der Waals surface area contributed by atoms with Crippen LogP contribution in [0, 0.1) is 13.8 Å². The average molecular weight is 307 g/mol. The van der Waals surface area contributed by atoms with Gasteiger partial charge in [0.25, 0.3) is 5.91 Å². The molecule has 22 heavy (non-hydrogen) atoms. The van der Waals surface area contributed by atoms with Gasteiger partial charge in [0, 0.05) is 19.1 Å². The predicted molar refractivity (Wildman–Crippen MR) is 80.3 cm³/mol. The van der Waals surface area contributed by atoms with Gasteiger partial charge in [0.05, 0.1) is 11.6 Å². The van der Waals surface area contributed by atoms with Gasteiger partial charge in [-0.05, 0) is 44.0 Å². The number of benzene rings is 1. The fraction of sp³-hybridized carbons (Fsp3) is 0.500. The van der Waals surface area contributed by atoms with Crippen molar-refractivity contribution in [3.05, 3.63) is 28.8 Å². The highest BCUT2D eigenvalue weighted by atomic mass is 16.5. The van der Waals surface area contributed by atoms with E-state index < -0.39 is 12.6 Å². The molecule has 1 aliphatic rings. The minimum Gasteiger partial charge on any atom is -0.481 e. The van der Waals surface area contributed by atoms with Crippen LogP contribution in [-0.4, -0.2) is 42.3 Å². The van der Waals surface area contributed by atoms with Crippen LogP contribution in [0.3, 0.4) is 0 Å². The van der Waals surface area contributed by atoms with Gasteiger partial charge in [-0.25, -0.2) is 4.79 Å². The number of carbonyl (C=O) groups excluding carboxylic acids is 1. The normalized spacial score (nSPS) is 23.0. The number of aliphatic carboxylic acids is 1. The number of aryl methyl sites for hydroxylation is 2. The number of hydrogen-bond acceptors (Lipinski definition) is 4. The van der Waals surface area contributed by atoms with Gasteiger partial charge in [-0.1, -0.05) is 0 Å². The Labute approximate surface area is 129 Å². The summed E-state index contributed by atoms with van der Waals surface area (Å²) in [5.41, 5.74) is 1.72. The van der Waals surface area contributed by atoms with Gasteiger partial charge in [-0.2, -0.15) is 0 Å². The largest absolute Gasteiger partial charge is 0.481 e. The molecule has 0 saturated heterocycles. The number of carboxylic acids is 1. The quantitative estimate of drug-likeness (QED) is 0.835. The molecular formula is C16H21NO5. The lowest BCUT2D eigenvalue weighted by atomic mass is 10.0. The number of ether oxygens (including phenoxy) is 2. The van der Waals surface area contributed by atoms with Crippen molar-refractivity contribution in [3.63, 3.8) is 0 Å². The molecule has 0 radical (unpaired) electrons. The summed E-state index contributed by atoms with van der Waals surface area (Å²) in [6.07, 6.45) is 0.799. The van der Waals surface area contributed by atoms with E-state index in [2.05, 4.69) is 5.32 Å². The van der Waals surface area contributed by atoms with Crippen molar-refractivity contribution in [3.8, 4) is 5.75 Å². The highest BCUT2D eigenvalue weighted by Crippen LogP contribution is 2.39. The summed E-state index contributed by atoms with van der Waals surface area (Å²) in [7, 11) is 1.63. The van der Waals surface area contributed by atoms with Gasteiger partial charge in [0.2, 0.25) is 0 Å². The highest BCUT2D eigenvalue weighted by molar-refractivity contribution is 5.95. The van der Waals surface area contributed by atoms with E-state index in [-0.39, 0.29) is 17.6 Å². The van der Waals surface area contributed by atoms with E-state index in [4.69, 9.17) is 14.6 Å². The van der Waals surface area contributed by atoms with E-state index in [1.54, 1.807) is 33.1 Å². The second-order valence-corrected chi connectivity index (χ2v) is 5.87. The van der Waals surface area contributed by atoms with Gasteiger partial charge in [-0.15, -0.1) is 0 Å². The van der Waals surface area contributed by atoms with Crippen LogP contribution in [0.25, 0.3) is 0 Å². The van der Waals surface area contributed by atoms with E-state index in [1.165, 1.54) is 0 Å². The predicted octanol–water partition coefficient (Wildman–Crippen LogP) is 1.67. The van der Waals surface area contributed by atoms with Crippen LogP contribution < -0.4 is 10.1 Å². The second kappa shape index (κ2) is 5.96. The third-order valence-electron chi connectivity index (χ3n) is 4.02. The van der Waals surface area contributed by atoms with Crippen LogP contribution in [-0.2, 0) is 9.53 Å². The highest BCUT2D eigenvalue weighted by Gasteiger charge is 2.51. The lowest BCUT2D eigenvalue weighted by molar-refractivity contribution is -0.139. The van der Waals surface area contributed by atoms with Crippen molar-refractivity contribution in [1.29, 1.82) is 0 Å². The molecule has 1 fully saturated rings. The van der Waals surface area contributed by atoms with E-state index in [0.29, 0.717) is 11.3 Å². The van der Waals surface area contributed by atoms with Gasteiger partial charge < -0.3 is 19.9 Å². The molecule has 2 N–H and O–H groups in total. The molecule has 120 valence electrons. The molecule has 6 heteroatoms. The smallest absolute Gasteiger partial charge is 0.341 e. The summed E-state index contributed by atoms with van der Waals surface area (Å²) in [6.45, 7) is 5.13. The molecule has 2 rings (SSSR count). The molecule has 2 atom stereocenters. The molecule has 0 aromatic heterocycles. The van der Waals surface area contributed by atoms with Crippen LogP contribution in [0.4, 0.5) is 0 Å². The van der Waals surface area contributed by atoms with Crippen LogP contribution in [0.5, 0.6) is 5.75 Å². The van der Waals surface area contributed by atoms with Gasteiger partial charge in [-0.3, -0.25) is 4.79 Å². The lowest BCUT2D eigenvalue weighted by Crippen LogP contribution is -2.31. The molecule has 0 aliphatic heterocycles. The molecule has 1 aromatic rings. The summed E-state index contributed by atoms with van der Waals surface area (Å²) in [4.78, 5) is 22.9. The fourth-order valence-corrected chi connectivity index (χ4v) is 2.46. The molecule has 0 heterocycles. The minimum absolute atomic E-state index is 0.0218. The Morgan fingerprint density at radius 2 is 1.95 bits per heavy atom. The number of methoxy groups -OCH3 is 1. The average Bonchev–Trinajstić information content (AvgIpc) is 3.08. The molecule has 1 aliphatic carbocycles. The molecule has 0 bridgehead atoms. The standard InChI is InChI=1S/C16H21NO5/c1-9-5-11(6-10(2)14(9)22-8-13(18)19)15(20)17-12-7-16(12,3)21-4/h5-6,12H,7-8H2,1-4H3,(H,17,20)(H,18,19)/t12-,16+/m1/s1. The van der Waals surface area contributed by atoms with Crippen molar-refractivity contribution < 1.29 is 24.2 Å². The maximum atomic E-state index is 12.3. The summed E-state index contributed by atoms with van der Waals surface area (Å²) < 4.78 is 10.6. The summed E-state index contributed by atoms with van der Waals surface area (Å²) in [5, 5.41) is 11.6. The lowest BCUT2D eigenvalue weighted by Gasteiger charge is -2.14.